The van der Waals surface area contributed by atoms with Gasteiger partial charge in [0, 0.05) is 32.7 Å². The van der Waals surface area contributed by atoms with Gasteiger partial charge in [0.2, 0.25) is 10.0 Å². The number of nitrogens with zero attached hydrogens (tertiary/aromatic N) is 4. The van der Waals surface area contributed by atoms with Crippen molar-refractivity contribution in [3.63, 3.8) is 0 Å². The number of likely N-dealkylation sites (N-methyl/N-ethyl adjacent to an activating group) is 1. The van der Waals surface area contributed by atoms with Gasteiger partial charge in [-0.3, -0.25) is 4.90 Å². The number of hydrogen-bond donors (Lipinski definition) is 0. The zero-order chi connectivity index (χ0) is 18.2. The molecule has 1 aliphatic heterocycles. The van der Waals surface area contributed by atoms with E-state index in [1.54, 1.807) is 20.0 Å². The van der Waals surface area contributed by atoms with Gasteiger partial charge in [0.15, 0.2) is 5.52 Å². The number of sulfonamides is 1. The van der Waals surface area contributed by atoms with Crippen LogP contribution in [0.25, 0.3) is 11.0 Å². The molecular formula is C16H24N4O4S. The molecular weight excluding hydrogens is 344 g/mol. The summed E-state index contributed by atoms with van der Waals surface area (Å²) in [6.45, 7) is 9.06. The van der Waals surface area contributed by atoms with Gasteiger partial charge >= 0.3 is 0 Å². The Hall–Kier alpha value is -1.55. The van der Waals surface area contributed by atoms with Crippen molar-refractivity contribution in [1.82, 2.24) is 19.5 Å². The molecule has 0 N–H and O–H groups in total. The van der Waals surface area contributed by atoms with E-state index in [-0.39, 0.29) is 10.9 Å². The van der Waals surface area contributed by atoms with E-state index in [0.29, 0.717) is 36.4 Å². The summed E-state index contributed by atoms with van der Waals surface area (Å²) in [5.74, 6) is 0. The molecule has 3 rings (SSSR count). The molecule has 138 valence electrons. The number of aromatic nitrogens is 2. The number of rotatable bonds is 5. The first-order chi connectivity index (χ1) is 11.8. The maximum Gasteiger partial charge on any atom is 0.245 e. The molecule has 9 heteroatoms. The molecule has 0 spiro atoms. The number of benzene rings is 1. The second kappa shape index (κ2) is 6.99. The van der Waals surface area contributed by atoms with Crippen molar-refractivity contribution in [2.75, 3.05) is 39.9 Å². The largest absolute Gasteiger partial charge is 0.379 e. The number of fused-ring (bicyclic) bond motifs is 1. The van der Waals surface area contributed by atoms with Crippen LogP contribution in [0, 0.1) is 13.8 Å². The molecule has 0 radical (unpaired) electrons. The number of ether oxygens (including phenoxy) is 1. The van der Waals surface area contributed by atoms with Crippen LogP contribution in [0.3, 0.4) is 0 Å². The second-order valence-corrected chi connectivity index (χ2v) is 8.57. The van der Waals surface area contributed by atoms with Gasteiger partial charge in [0.25, 0.3) is 0 Å². The highest BCUT2D eigenvalue weighted by atomic mass is 32.2. The molecule has 1 fully saturated rings. The second-order valence-electron chi connectivity index (χ2n) is 6.58. The van der Waals surface area contributed by atoms with Crippen LogP contribution in [0.1, 0.15) is 18.1 Å². The van der Waals surface area contributed by atoms with Gasteiger partial charge in [-0.1, -0.05) is 6.07 Å². The minimum Gasteiger partial charge on any atom is -0.379 e. The fourth-order valence-electron chi connectivity index (χ4n) is 3.33. The van der Waals surface area contributed by atoms with E-state index < -0.39 is 10.0 Å². The van der Waals surface area contributed by atoms with Crippen molar-refractivity contribution in [3.05, 3.63) is 17.2 Å². The summed E-state index contributed by atoms with van der Waals surface area (Å²) in [5, 5.41) is 7.68. The quantitative estimate of drug-likeness (QED) is 0.783. The zero-order valence-electron chi connectivity index (χ0n) is 15.0. The lowest BCUT2D eigenvalue weighted by Gasteiger charge is -2.34. The first-order valence-corrected chi connectivity index (χ1v) is 9.77. The molecule has 1 aliphatic rings. The van der Waals surface area contributed by atoms with Gasteiger partial charge in [-0.2, -0.15) is 4.31 Å². The van der Waals surface area contributed by atoms with Crippen LogP contribution in [0.4, 0.5) is 0 Å². The Morgan fingerprint density at radius 3 is 2.52 bits per heavy atom. The average molecular weight is 368 g/mol. The normalized spacial score (nSPS) is 18.1. The molecule has 0 saturated carbocycles. The smallest absolute Gasteiger partial charge is 0.245 e. The maximum absolute atomic E-state index is 13.2. The third-order valence-electron chi connectivity index (χ3n) is 4.73. The maximum atomic E-state index is 13.2. The molecule has 1 unspecified atom stereocenters. The first-order valence-electron chi connectivity index (χ1n) is 8.33. The molecule has 1 atom stereocenters. The highest BCUT2D eigenvalue weighted by Crippen LogP contribution is 2.29. The minimum absolute atomic E-state index is 0.0976. The average Bonchev–Trinajstić information content (AvgIpc) is 3.05. The highest BCUT2D eigenvalue weighted by Gasteiger charge is 2.30. The predicted octanol–water partition coefficient (Wildman–Crippen LogP) is 1.18. The topological polar surface area (TPSA) is 88.8 Å². The lowest BCUT2D eigenvalue weighted by atomic mass is 10.1. The summed E-state index contributed by atoms with van der Waals surface area (Å²) in [6, 6.07) is 1.90. The first kappa shape index (κ1) is 18.2. The van der Waals surface area contributed by atoms with Crippen LogP contribution in [-0.2, 0) is 14.8 Å². The van der Waals surface area contributed by atoms with Crippen LogP contribution in [0.5, 0.6) is 0 Å². The van der Waals surface area contributed by atoms with Crippen molar-refractivity contribution in [2.24, 2.45) is 0 Å². The van der Waals surface area contributed by atoms with E-state index in [1.165, 1.54) is 4.31 Å². The van der Waals surface area contributed by atoms with Gasteiger partial charge < -0.3 is 4.74 Å². The molecule has 0 bridgehead atoms. The van der Waals surface area contributed by atoms with Crippen LogP contribution in [0.15, 0.2) is 15.6 Å². The summed E-state index contributed by atoms with van der Waals surface area (Å²) in [6.07, 6.45) is 0. The summed E-state index contributed by atoms with van der Waals surface area (Å²) < 4.78 is 37.9. The van der Waals surface area contributed by atoms with Gasteiger partial charge in [-0.05, 0) is 42.2 Å². The Morgan fingerprint density at radius 1 is 1.20 bits per heavy atom. The molecule has 0 amide bonds. The summed E-state index contributed by atoms with van der Waals surface area (Å²) in [4.78, 5) is 2.41. The number of hydrogen-bond acceptors (Lipinski definition) is 7. The minimum atomic E-state index is -3.70. The Labute approximate surface area is 147 Å². The lowest BCUT2D eigenvalue weighted by molar-refractivity contribution is 0.0177. The van der Waals surface area contributed by atoms with E-state index in [4.69, 9.17) is 9.37 Å². The van der Waals surface area contributed by atoms with Gasteiger partial charge in [-0.25, -0.2) is 13.0 Å². The highest BCUT2D eigenvalue weighted by molar-refractivity contribution is 7.89. The van der Waals surface area contributed by atoms with Crippen LogP contribution in [-0.4, -0.2) is 73.9 Å². The molecule has 1 saturated heterocycles. The Kier molecular flexibility index (Phi) is 5.10. The van der Waals surface area contributed by atoms with Crippen molar-refractivity contribution in [2.45, 2.75) is 31.7 Å². The van der Waals surface area contributed by atoms with Crippen LogP contribution in [0.2, 0.25) is 0 Å². The van der Waals surface area contributed by atoms with Gasteiger partial charge in [0.05, 0.1) is 13.2 Å². The molecule has 2 aromatic rings. The van der Waals surface area contributed by atoms with E-state index in [1.807, 2.05) is 13.8 Å². The Balaban J connectivity index is 1.89. The molecule has 2 heterocycles. The predicted molar refractivity (Wildman–Crippen MR) is 92.9 cm³/mol. The van der Waals surface area contributed by atoms with Gasteiger partial charge in [0.1, 0.15) is 10.4 Å². The van der Waals surface area contributed by atoms with Crippen molar-refractivity contribution in [1.29, 1.82) is 0 Å². The van der Waals surface area contributed by atoms with E-state index in [0.717, 1.165) is 18.7 Å². The fourth-order valence-corrected chi connectivity index (χ4v) is 4.89. The van der Waals surface area contributed by atoms with Crippen molar-refractivity contribution < 1.29 is 17.8 Å². The molecule has 1 aromatic heterocycles. The molecule has 8 nitrogen and oxygen atoms in total. The Morgan fingerprint density at radius 2 is 1.84 bits per heavy atom. The van der Waals surface area contributed by atoms with E-state index >= 15 is 0 Å². The molecule has 0 aliphatic carbocycles. The van der Waals surface area contributed by atoms with Crippen LogP contribution < -0.4 is 0 Å². The van der Waals surface area contributed by atoms with E-state index in [2.05, 4.69) is 15.2 Å². The summed E-state index contributed by atoms with van der Waals surface area (Å²) in [5.41, 5.74) is 2.27. The van der Waals surface area contributed by atoms with E-state index in [9.17, 15) is 8.42 Å². The standard InChI is InChI=1S/C16H24N4O4S/c1-11-9-12(2)16(15-14(11)17-24-18-15)25(21,22)19(4)10-13(3)20-5-7-23-8-6-20/h9,13H,5-8,10H2,1-4H3. The number of morpholine rings is 1. The zero-order valence-corrected chi connectivity index (χ0v) is 15.8. The monoisotopic (exact) mass is 368 g/mol. The molecule has 1 aromatic carbocycles. The van der Waals surface area contributed by atoms with Crippen LogP contribution >= 0.6 is 0 Å². The Bertz CT molecular complexity index is 858. The van der Waals surface area contributed by atoms with Crippen molar-refractivity contribution in [3.8, 4) is 0 Å². The SMILES string of the molecule is Cc1cc(C)c2nonc2c1S(=O)(=O)N(C)CC(C)N1CCOCC1. The lowest BCUT2D eigenvalue weighted by Crippen LogP contribution is -2.47. The summed E-state index contributed by atoms with van der Waals surface area (Å²) in [7, 11) is -2.10. The summed E-state index contributed by atoms with van der Waals surface area (Å²) >= 11 is 0. The fraction of sp³-hybridized carbons (Fsp3) is 0.625. The third-order valence-corrected chi connectivity index (χ3v) is 6.73. The number of aryl methyl sites for hydroxylation is 2. The van der Waals surface area contributed by atoms with Gasteiger partial charge in [-0.15, -0.1) is 0 Å². The molecule has 25 heavy (non-hydrogen) atoms. The third kappa shape index (κ3) is 3.41. The van der Waals surface area contributed by atoms with Crippen molar-refractivity contribution >= 4 is 21.1 Å².